The quantitative estimate of drug-likeness (QED) is 0.679. The van der Waals surface area contributed by atoms with Crippen molar-refractivity contribution < 1.29 is 9.47 Å². The van der Waals surface area contributed by atoms with Crippen LogP contribution in [-0.2, 0) is 12.0 Å². The number of ether oxygens (including phenoxy) is 2. The second-order valence-corrected chi connectivity index (χ2v) is 7.80. The molecular weight excluding hydrogens is 372 g/mol. The van der Waals surface area contributed by atoms with Gasteiger partial charge in [0.25, 0.3) is 0 Å². The Balaban J connectivity index is 1.72. The van der Waals surface area contributed by atoms with Crippen molar-refractivity contribution in [1.82, 2.24) is 10.6 Å². The minimum atomic E-state index is -0.131. The van der Waals surface area contributed by atoms with E-state index in [0.717, 1.165) is 42.3 Å². The number of rotatable bonds is 8. The number of hydrogen-bond acceptors (Lipinski definition) is 4. The Labute approximate surface area is 173 Å². The Morgan fingerprint density at radius 1 is 1.07 bits per heavy atom. The highest BCUT2D eigenvalue weighted by molar-refractivity contribution is 6.31. The molecule has 28 heavy (non-hydrogen) atoms. The fraction of sp³-hybridized carbons (Fsp3) is 0.478. The summed E-state index contributed by atoms with van der Waals surface area (Å²) in [5, 5.41) is 8.27. The van der Waals surface area contributed by atoms with E-state index in [1.54, 1.807) is 14.2 Å². The number of hydrogen-bond donors (Lipinski definition) is 2. The molecule has 0 aromatic heterocycles. The van der Waals surface area contributed by atoms with Crippen LogP contribution < -0.4 is 20.1 Å². The number of nitrogens with one attached hydrogen (secondary N) is 2. The average molecular weight is 403 g/mol. The van der Waals surface area contributed by atoms with Gasteiger partial charge in [0.2, 0.25) is 0 Å². The first-order valence-corrected chi connectivity index (χ1v) is 10.4. The molecule has 0 bridgehead atoms. The molecule has 1 saturated carbocycles. The van der Waals surface area contributed by atoms with Crippen molar-refractivity contribution in [3.05, 3.63) is 58.6 Å². The third-order valence-electron chi connectivity index (χ3n) is 5.96. The molecule has 0 unspecified atom stereocenters. The maximum atomic E-state index is 6.59. The highest BCUT2D eigenvalue weighted by Crippen LogP contribution is 2.40. The normalized spacial score (nSPS) is 22.1. The minimum Gasteiger partial charge on any atom is -0.493 e. The minimum absolute atomic E-state index is 0.131. The zero-order chi connectivity index (χ0) is 20.0. The van der Waals surface area contributed by atoms with Crippen molar-refractivity contribution in [2.24, 2.45) is 0 Å². The van der Waals surface area contributed by atoms with Crippen molar-refractivity contribution in [3.8, 4) is 11.5 Å². The van der Waals surface area contributed by atoms with E-state index in [-0.39, 0.29) is 5.54 Å². The van der Waals surface area contributed by atoms with Crippen LogP contribution in [0.4, 0.5) is 0 Å². The summed E-state index contributed by atoms with van der Waals surface area (Å²) in [5.41, 5.74) is 2.30. The lowest BCUT2D eigenvalue weighted by Crippen LogP contribution is -2.58. The van der Waals surface area contributed by atoms with Gasteiger partial charge in [-0.25, -0.2) is 0 Å². The second-order valence-electron chi connectivity index (χ2n) is 7.39. The summed E-state index contributed by atoms with van der Waals surface area (Å²) in [4.78, 5) is 0. The number of methoxy groups -OCH3 is 2. The molecule has 1 aliphatic rings. The van der Waals surface area contributed by atoms with Crippen molar-refractivity contribution in [3.63, 3.8) is 0 Å². The number of likely N-dealkylation sites (N-methyl/N-ethyl adjacent to an activating group) is 1. The fourth-order valence-corrected chi connectivity index (χ4v) is 4.76. The van der Waals surface area contributed by atoms with Gasteiger partial charge in [0.15, 0.2) is 11.5 Å². The summed E-state index contributed by atoms with van der Waals surface area (Å²) in [7, 11) is 5.39. The zero-order valence-electron chi connectivity index (χ0n) is 17.1. The van der Waals surface area contributed by atoms with E-state index in [2.05, 4.69) is 41.9 Å². The van der Waals surface area contributed by atoms with E-state index in [4.69, 9.17) is 21.1 Å². The molecule has 152 valence electrons. The van der Waals surface area contributed by atoms with Crippen LogP contribution in [-0.4, -0.2) is 33.9 Å². The van der Waals surface area contributed by atoms with Crippen molar-refractivity contribution >= 4 is 11.6 Å². The molecule has 3 rings (SSSR count). The fourth-order valence-electron chi connectivity index (χ4n) is 4.46. The number of benzene rings is 2. The highest BCUT2D eigenvalue weighted by atomic mass is 35.5. The van der Waals surface area contributed by atoms with Gasteiger partial charge in [-0.05, 0) is 62.2 Å². The summed E-state index contributed by atoms with van der Waals surface area (Å²) in [6, 6.07) is 14.7. The van der Waals surface area contributed by atoms with Crippen LogP contribution in [0.1, 0.15) is 36.8 Å². The Hall–Kier alpha value is -1.75. The Bertz CT molecular complexity index is 783. The Morgan fingerprint density at radius 3 is 2.57 bits per heavy atom. The van der Waals surface area contributed by atoms with Crippen molar-refractivity contribution in [2.75, 3.05) is 27.8 Å². The van der Waals surface area contributed by atoms with Gasteiger partial charge < -0.3 is 20.1 Å². The predicted octanol–water partition coefficient (Wildman–Crippen LogP) is 4.55. The monoisotopic (exact) mass is 402 g/mol. The largest absolute Gasteiger partial charge is 0.493 e. The van der Waals surface area contributed by atoms with E-state index in [1.165, 1.54) is 24.0 Å². The average Bonchev–Trinajstić information content (AvgIpc) is 2.74. The maximum absolute atomic E-state index is 6.59. The third-order valence-corrected chi connectivity index (χ3v) is 6.29. The maximum Gasteiger partial charge on any atom is 0.160 e. The van der Waals surface area contributed by atoms with Crippen LogP contribution in [0, 0.1) is 0 Å². The first-order chi connectivity index (χ1) is 13.6. The lowest BCUT2D eigenvalue weighted by Gasteiger charge is -2.45. The van der Waals surface area contributed by atoms with Crippen molar-refractivity contribution in [2.45, 2.75) is 43.7 Å². The van der Waals surface area contributed by atoms with Crippen LogP contribution in [0.2, 0.25) is 5.02 Å². The molecule has 0 radical (unpaired) electrons. The van der Waals surface area contributed by atoms with E-state index in [0.29, 0.717) is 6.04 Å². The molecule has 2 aromatic rings. The standard InChI is InChI=1S/C23H31ClN2O2/c1-25-23(18-8-4-5-9-19(18)24)14-7-6-10-22(23)26-15-13-17-11-12-20(27-2)21(16-17)28-3/h4-5,8-9,11-12,16,22,25-26H,6-7,10,13-15H2,1-3H3/t22-,23-/m1/s1. The molecule has 0 heterocycles. The smallest absolute Gasteiger partial charge is 0.160 e. The van der Waals surface area contributed by atoms with Gasteiger partial charge in [-0.2, -0.15) is 0 Å². The van der Waals surface area contributed by atoms with Gasteiger partial charge in [-0.15, -0.1) is 0 Å². The summed E-state index contributed by atoms with van der Waals surface area (Å²) in [6.45, 7) is 0.897. The third kappa shape index (κ3) is 4.29. The van der Waals surface area contributed by atoms with E-state index in [1.807, 2.05) is 18.2 Å². The molecule has 2 atom stereocenters. The first kappa shape index (κ1) is 21.0. The van der Waals surface area contributed by atoms with Gasteiger partial charge in [0.1, 0.15) is 0 Å². The molecule has 0 spiro atoms. The lowest BCUT2D eigenvalue weighted by atomic mass is 9.72. The molecular formula is C23H31ClN2O2. The molecule has 2 aromatic carbocycles. The molecule has 1 fully saturated rings. The van der Waals surface area contributed by atoms with Crippen molar-refractivity contribution in [1.29, 1.82) is 0 Å². The SMILES string of the molecule is CN[C@@]1(c2ccccc2Cl)CCCC[C@H]1NCCc1ccc(OC)c(OC)c1. The molecule has 0 saturated heterocycles. The van der Waals surface area contributed by atoms with Gasteiger partial charge in [0.05, 0.1) is 19.8 Å². The summed E-state index contributed by atoms with van der Waals surface area (Å²) in [6.07, 6.45) is 5.60. The Kier molecular flexibility index (Phi) is 7.22. The first-order valence-electron chi connectivity index (χ1n) is 10.0. The topological polar surface area (TPSA) is 42.5 Å². The van der Waals surface area contributed by atoms with E-state index >= 15 is 0 Å². The zero-order valence-corrected chi connectivity index (χ0v) is 17.8. The summed E-state index contributed by atoms with van der Waals surface area (Å²) in [5.74, 6) is 1.54. The van der Waals surface area contributed by atoms with Gasteiger partial charge in [-0.1, -0.05) is 48.7 Å². The molecule has 5 heteroatoms. The molecule has 4 nitrogen and oxygen atoms in total. The van der Waals surface area contributed by atoms with Gasteiger partial charge in [0, 0.05) is 11.1 Å². The molecule has 2 N–H and O–H groups in total. The number of halogens is 1. The van der Waals surface area contributed by atoms with Crippen LogP contribution in [0.15, 0.2) is 42.5 Å². The van der Waals surface area contributed by atoms with Gasteiger partial charge in [-0.3, -0.25) is 0 Å². The van der Waals surface area contributed by atoms with Crippen LogP contribution in [0.25, 0.3) is 0 Å². The van der Waals surface area contributed by atoms with E-state index in [9.17, 15) is 0 Å². The molecule has 1 aliphatic carbocycles. The van der Waals surface area contributed by atoms with Crippen LogP contribution >= 0.6 is 11.6 Å². The Morgan fingerprint density at radius 2 is 1.86 bits per heavy atom. The molecule has 0 amide bonds. The molecule has 0 aliphatic heterocycles. The predicted molar refractivity (Wildman–Crippen MR) is 116 cm³/mol. The van der Waals surface area contributed by atoms with E-state index < -0.39 is 0 Å². The second kappa shape index (κ2) is 9.64. The highest BCUT2D eigenvalue weighted by Gasteiger charge is 2.41. The summed E-state index contributed by atoms with van der Waals surface area (Å²) >= 11 is 6.59. The lowest BCUT2D eigenvalue weighted by molar-refractivity contribution is 0.179. The van der Waals surface area contributed by atoms with Gasteiger partial charge >= 0.3 is 0 Å². The summed E-state index contributed by atoms with van der Waals surface area (Å²) < 4.78 is 10.8. The van der Waals surface area contributed by atoms with Crippen LogP contribution in [0.3, 0.4) is 0 Å². The van der Waals surface area contributed by atoms with Crippen LogP contribution in [0.5, 0.6) is 11.5 Å².